The Labute approximate surface area is 139 Å². The minimum atomic E-state index is -0.655. The van der Waals surface area contributed by atoms with Crippen LogP contribution >= 0.6 is 31.9 Å². The number of benzene rings is 1. The molecule has 112 valence electrons. The van der Waals surface area contributed by atoms with Crippen LogP contribution in [0.2, 0.25) is 0 Å². The van der Waals surface area contributed by atoms with Crippen LogP contribution < -0.4 is 5.32 Å². The summed E-state index contributed by atoms with van der Waals surface area (Å²) in [5, 5.41) is 3.10. The van der Waals surface area contributed by atoms with Crippen molar-refractivity contribution in [2.45, 2.75) is 19.9 Å². The Balaban J connectivity index is 2.61. The minimum Gasteiger partial charge on any atom is -0.305 e. The van der Waals surface area contributed by atoms with Gasteiger partial charge in [0.2, 0.25) is 0 Å². The second-order valence-electron chi connectivity index (χ2n) is 4.60. The van der Waals surface area contributed by atoms with Crippen molar-refractivity contribution in [2.75, 3.05) is 6.54 Å². The molecule has 1 N–H and O–H groups in total. The highest BCUT2D eigenvalue weighted by Crippen LogP contribution is 2.32. The Kier molecular flexibility index (Phi) is 5.46. The van der Waals surface area contributed by atoms with E-state index in [1.54, 1.807) is 19.2 Å². The van der Waals surface area contributed by atoms with Gasteiger partial charge in [0, 0.05) is 20.7 Å². The quantitative estimate of drug-likeness (QED) is 0.762. The zero-order valence-electron chi connectivity index (χ0n) is 11.6. The molecule has 1 atom stereocenters. The normalized spacial score (nSPS) is 12.5. The van der Waals surface area contributed by atoms with Crippen molar-refractivity contribution in [3.05, 3.63) is 61.8 Å². The number of rotatable bonds is 4. The lowest BCUT2D eigenvalue weighted by molar-refractivity contribution is 0.500. The second-order valence-corrected chi connectivity index (χ2v) is 6.37. The van der Waals surface area contributed by atoms with Crippen LogP contribution in [-0.2, 0) is 0 Å². The molecule has 0 bridgehead atoms. The van der Waals surface area contributed by atoms with Crippen LogP contribution in [0.25, 0.3) is 0 Å². The number of pyridine rings is 1. The van der Waals surface area contributed by atoms with Crippen LogP contribution in [-0.4, -0.2) is 11.5 Å². The molecule has 1 aromatic heterocycles. The first-order chi connectivity index (χ1) is 9.95. The summed E-state index contributed by atoms with van der Waals surface area (Å²) in [5.74, 6) is -1.13. The maximum absolute atomic E-state index is 14.4. The van der Waals surface area contributed by atoms with Crippen LogP contribution in [0.3, 0.4) is 0 Å². The number of hydrogen-bond acceptors (Lipinski definition) is 2. The fourth-order valence-electron chi connectivity index (χ4n) is 2.12. The summed E-state index contributed by atoms with van der Waals surface area (Å²) in [6, 6.07) is 3.86. The Morgan fingerprint density at radius 3 is 2.62 bits per heavy atom. The average Bonchev–Trinajstić information content (AvgIpc) is 2.43. The van der Waals surface area contributed by atoms with E-state index < -0.39 is 17.7 Å². The molecule has 0 amide bonds. The molecule has 0 saturated heterocycles. The van der Waals surface area contributed by atoms with Gasteiger partial charge in [0.1, 0.15) is 11.6 Å². The lowest BCUT2D eigenvalue weighted by atomic mass is 9.99. The maximum Gasteiger partial charge on any atom is 0.134 e. The molecule has 0 saturated carbocycles. The molecule has 2 nitrogen and oxygen atoms in total. The largest absolute Gasteiger partial charge is 0.305 e. The highest BCUT2D eigenvalue weighted by Gasteiger charge is 2.25. The highest BCUT2D eigenvalue weighted by atomic mass is 79.9. The van der Waals surface area contributed by atoms with Crippen molar-refractivity contribution >= 4 is 31.9 Å². The lowest BCUT2D eigenvalue weighted by Gasteiger charge is -2.21. The van der Waals surface area contributed by atoms with Gasteiger partial charge in [-0.25, -0.2) is 8.78 Å². The Morgan fingerprint density at radius 2 is 2.00 bits per heavy atom. The Bertz CT molecular complexity index is 662. The van der Waals surface area contributed by atoms with Crippen molar-refractivity contribution in [3.8, 4) is 0 Å². The minimum absolute atomic E-state index is 0.00706. The summed E-state index contributed by atoms with van der Waals surface area (Å²) in [5.41, 5.74) is 0.943. The van der Waals surface area contributed by atoms with Crippen LogP contribution in [0.1, 0.15) is 29.8 Å². The molecule has 1 aromatic carbocycles. The van der Waals surface area contributed by atoms with Gasteiger partial charge >= 0.3 is 0 Å². The Morgan fingerprint density at radius 1 is 1.29 bits per heavy atom. The first-order valence-electron chi connectivity index (χ1n) is 6.44. The molecule has 0 radical (unpaired) electrons. The van der Waals surface area contributed by atoms with Crippen molar-refractivity contribution < 1.29 is 8.78 Å². The number of halogens is 4. The number of aromatic nitrogens is 1. The highest BCUT2D eigenvalue weighted by molar-refractivity contribution is 9.11. The SMILES string of the molecule is CCNC(c1ncc(Br)cc1Br)c1c(F)ccc(C)c1F. The number of aryl methyl sites for hydroxylation is 1. The van der Waals surface area contributed by atoms with Crippen molar-refractivity contribution in [3.63, 3.8) is 0 Å². The second kappa shape index (κ2) is 6.94. The van der Waals surface area contributed by atoms with Crippen LogP contribution in [0, 0.1) is 18.6 Å². The third kappa shape index (κ3) is 3.49. The molecule has 0 aliphatic heterocycles. The van der Waals surface area contributed by atoms with Gasteiger partial charge in [-0.3, -0.25) is 4.98 Å². The summed E-state index contributed by atoms with van der Waals surface area (Å²) in [6.45, 7) is 4.05. The van der Waals surface area contributed by atoms with Crippen LogP contribution in [0.4, 0.5) is 8.78 Å². The van der Waals surface area contributed by atoms with Gasteiger partial charge < -0.3 is 5.32 Å². The van der Waals surface area contributed by atoms with E-state index in [0.717, 1.165) is 4.47 Å². The molecule has 1 heterocycles. The molecule has 2 aromatic rings. The topological polar surface area (TPSA) is 24.9 Å². The smallest absolute Gasteiger partial charge is 0.134 e. The van der Waals surface area contributed by atoms with Gasteiger partial charge in [-0.05, 0) is 63.0 Å². The zero-order chi connectivity index (χ0) is 15.6. The van der Waals surface area contributed by atoms with E-state index in [0.29, 0.717) is 22.3 Å². The van der Waals surface area contributed by atoms with E-state index in [2.05, 4.69) is 42.2 Å². The van der Waals surface area contributed by atoms with Crippen LogP contribution in [0.15, 0.2) is 33.3 Å². The summed E-state index contributed by atoms with van der Waals surface area (Å²) < 4.78 is 30.0. The van der Waals surface area contributed by atoms with Crippen molar-refractivity contribution in [1.29, 1.82) is 0 Å². The molecule has 0 fully saturated rings. The van der Waals surface area contributed by atoms with E-state index in [1.165, 1.54) is 12.1 Å². The predicted octanol–water partition coefficient (Wildman–Crippen LogP) is 4.89. The molecular formula is C15H14Br2F2N2. The first-order valence-corrected chi connectivity index (χ1v) is 8.03. The fraction of sp³-hybridized carbons (Fsp3) is 0.267. The average molecular weight is 420 g/mol. The van der Waals surface area contributed by atoms with E-state index in [4.69, 9.17) is 0 Å². The van der Waals surface area contributed by atoms with Gasteiger partial charge in [-0.15, -0.1) is 0 Å². The summed E-state index contributed by atoms with van der Waals surface area (Å²) >= 11 is 6.73. The van der Waals surface area contributed by atoms with Crippen molar-refractivity contribution in [1.82, 2.24) is 10.3 Å². The number of nitrogens with zero attached hydrogens (tertiary/aromatic N) is 1. The maximum atomic E-state index is 14.4. The molecule has 21 heavy (non-hydrogen) atoms. The third-order valence-electron chi connectivity index (χ3n) is 3.13. The van der Waals surface area contributed by atoms with E-state index in [9.17, 15) is 8.78 Å². The van der Waals surface area contributed by atoms with E-state index in [1.807, 2.05) is 6.92 Å². The molecular weight excluding hydrogens is 406 g/mol. The molecule has 0 spiro atoms. The standard InChI is InChI=1S/C15H14Br2F2N2/c1-3-20-15(14-10(17)6-9(16)7-21-14)12-11(18)5-4-8(2)13(12)19/h4-7,15,20H,3H2,1-2H3. The predicted molar refractivity (Wildman–Crippen MR) is 86.3 cm³/mol. The Hall–Kier alpha value is -0.850. The molecule has 1 unspecified atom stereocenters. The summed E-state index contributed by atoms with van der Waals surface area (Å²) in [4.78, 5) is 4.30. The van der Waals surface area contributed by atoms with Gasteiger partial charge in [0.15, 0.2) is 0 Å². The molecule has 0 aliphatic carbocycles. The first kappa shape index (κ1) is 16.5. The molecule has 6 heteroatoms. The third-order valence-corrected chi connectivity index (χ3v) is 4.20. The number of hydrogen-bond donors (Lipinski definition) is 1. The zero-order valence-corrected chi connectivity index (χ0v) is 14.7. The van der Waals surface area contributed by atoms with Gasteiger partial charge in [-0.2, -0.15) is 0 Å². The summed E-state index contributed by atoms with van der Waals surface area (Å²) in [6.07, 6.45) is 1.61. The molecule has 2 rings (SSSR count). The number of nitrogens with one attached hydrogen (secondary N) is 1. The van der Waals surface area contributed by atoms with E-state index >= 15 is 0 Å². The molecule has 0 aliphatic rings. The monoisotopic (exact) mass is 418 g/mol. The fourth-order valence-corrected chi connectivity index (χ4v) is 3.34. The van der Waals surface area contributed by atoms with Gasteiger partial charge in [0.05, 0.1) is 11.7 Å². The lowest BCUT2D eigenvalue weighted by Crippen LogP contribution is -2.25. The van der Waals surface area contributed by atoms with Crippen LogP contribution in [0.5, 0.6) is 0 Å². The summed E-state index contributed by atoms with van der Waals surface area (Å²) in [7, 11) is 0. The van der Waals surface area contributed by atoms with Gasteiger partial charge in [0.25, 0.3) is 0 Å². The van der Waals surface area contributed by atoms with Crippen molar-refractivity contribution in [2.24, 2.45) is 0 Å². The van der Waals surface area contributed by atoms with E-state index in [-0.39, 0.29) is 5.56 Å². The van der Waals surface area contributed by atoms with Gasteiger partial charge in [-0.1, -0.05) is 13.0 Å².